The van der Waals surface area contributed by atoms with Crippen molar-refractivity contribution in [1.82, 2.24) is 0 Å². The number of nitrogens with one attached hydrogen (secondary N) is 1. The fourth-order valence-electron chi connectivity index (χ4n) is 1.87. The molecule has 0 radical (unpaired) electrons. The van der Waals surface area contributed by atoms with Gasteiger partial charge in [-0.2, -0.15) is 12.6 Å². The summed E-state index contributed by atoms with van der Waals surface area (Å²) < 4.78 is 25.7. The van der Waals surface area contributed by atoms with Gasteiger partial charge in [0, 0.05) is 16.5 Å². The molecule has 2 heterocycles. The molecule has 112 valence electrons. The predicted molar refractivity (Wildman–Crippen MR) is 84.2 cm³/mol. The van der Waals surface area contributed by atoms with Gasteiger partial charge in [-0.15, -0.1) is 0 Å². The second-order valence-corrected chi connectivity index (χ2v) is 6.41. The molecule has 4 N–H and O–H groups in total. The van der Waals surface area contributed by atoms with Gasteiger partial charge in [0.05, 0.1) is 10.6 Å². The topological polar surface area (TPSA) is 109 Å². The van der Waals surface area contributed by atoms with E-state index in [0.29, 0.717) is 10.6 Å². The van der Waals surface area contributed by atoms with E-state index in [-0.39, 0.29) is 5.75 Å². The summed E-state index contributed by atoms with van der Waals surface area (Å²) in [6, 6.07) is 10.1. The van der Waals surface area contributed by atoms with Crippen molar-refractivity contribution in [2.45, 2.75) is 10.9 Å². The molecule has 0 aromatic heterocycles. The molecule has 2 aromatic carbocycles. The molecule has 8 heteroatoms. The summed E-state index contributed by atoms with van der Waals surface area (Å²) in [6.45, 7) is 0. The van der Waals surface area contributed by atoms with E-state index in [9.17, 15) is 13.2 Å². The van der Waals surface area contributed by atoms with E-state index in [4.69, 9.17) is 10.8 Å². The van der Waals surface area contributed by atoms with Crippen LogP contribution in [0.2, 0.25) is 0 Å². The summed E-state index contributed by atoms with van der Waals surface area (Å²) in [7, 11) is -3.29. The number of hydrogen-bond acceptors (Lipinski definition) is 5. The van der Waals surface area contributed by atoms with E-state index >= 15 is 0 Å². The molecule has 2 aliphatic rings. The van der Waals surface area contributed by atoms with Crippen molar-refractivity contribution in [3.63, 3.8) is 0 Å². The van der Waals surface area contributed by atoms with Gasteiger partial charge >= 0.3 is 5.97 Å². The third kappa shape index (κ3) is 3.12. The average Bonchev–Trinajstić information content (AvgIpc) is 2.46. The Balaban J connectivity index is 0.000000199. The zero-order valence-corrected chi connectivity index (χ0v) is 12.6. The Morgan fingerprint density at radius 3 is 2.33 bits per heavy atom. The van der Waals surface area contributed by atoms with E-state index < -0.39 is 22.0 Å². The Hall–Kier alpha value is -1.77. The van der Waals surface area contributed by atoms with Crippen LogP contribution in [-0.4, -0.2) is 31.3 Å². The van der Waals surface area contributed by atoms with Crippen molar-refractivity contribution in [2.24, 2.45) is 5.73 Å². The van der Waals surface area contributed by atoms with Crippen LogP contribution in [0.25, 0.3) is 10.8 Å². The minimum atomic E-state index is -3.29. The first-order valence-electron chi connectivity index (χ1n) is 6.00. The SMILES string of the molecule is N[C@@H](CS)C(=O)O.O=S1(=O)Nc2ccc1c1ccccc21. The van der Waals surface area contributed by atoms with Crippen molar-refractivity contribution in [3.8, 4) is 0 Å². The Kier molecular flexibility index (Phi) is 4.40. The third-order valence-electron chi connectivity index (χ3n) is 2.93. The number of benzene rings is 2. The molecule has 0 amide bonds. The lowest BCUT2D eigenvalue weighted by Crippen LogP contribution is -2.31. The predicted octanol–water partition coefficient (Wildman–Crippen LogP) is 1.28. The quantitative estimate of drug-likeness (QED) is 0.622. The van der Waals surface area contributed by atoms with Crippen LogP contribution in [0.15, 0.2) is 41.3 Å². The number of carboxylic acids is 1. The maximum Gasteiger partial charge on any atom is 0.321 e. The van der Waals surface area contributed by atoms with Gasteiger partial charge < -0.3 is 10.8 Å². The number of sulfonamides is 1. The molecule has 0 saturated carbocycles. The number of carbonyl (C=O) groups is 1. The van der Waals surface area contributed by atoms with Crippen molar-refractivity contribution >= 4 is 45.1 Å². The van der Waals surface area contributed by atoms with Crippen LogP contribution in [0.1, 0.15) is 0 Å². The molecule has 0 saturated heterocycles. The molecular weight excluding hydrogens is 312 g/mol. The summed E-state index contributed by atoms with van der Waals surface area (Å²) in [5.74, 6) is -0.815. The smallest absolute Gasteiger partial charge is 0.321 e. The highest BCUT2D eigenvalue weighted by molar-refractivity contribution is 7.93. The van der Waals surface area contributed by atoms with Gasteiger partial charge in [-0.05, 0) is 12.1 Å². The van der Waals surface area contributed by atoms with E-state index in [1.54, 1.807) is 12.1 Å². The Morgan fingerprint density at radius 2 is 1.86 bits per heavy atom. The lowest BCUT2D eigenvalue weighted by atomic mass is 10.1. The first-order valence-corrected chi connectivity index (χ1v) is 8.12. The number of rotatable bonds is 2. The van der Waals surface area contributed by atoms with Gasteiger partial charge in [-0.25, -0.2) is 8.42 Å². The zero-order chi connectivity index (χ0) is 15.6. The summed E-state index contributed by atoms with van der Waals surface area (Å²) in [5.41, 5.74) is 5.60. The number of fused-ring (bicyclic) bond motifs is 2. The van der Waals surface area contributed by atoms with Gasteiger partial charge in [-0.3, -0.25) is 9.52 Å². The molecule has 2 aliphatic heterocycles. The Morgan fingerprint density at radius 1 is 1.24 bits per heavy atom. The number of aliphatic carboxylic acids is 1. The molecule has 4 rings (SSSR count). The van der Waals surface area contributed by atoms with Crippen LogP contribution in [0, 0.1) is 0 Å². The molecule has 1 atom stereocenters. The Bertz CT molecular complexity index is 790. The highest BCUT2D eigenvalue weighted by atomic mass is 32.2. The monoisotopic (exact) mass is 326 g/mol. The number of hydrogen-bond donors (Lipinski definition) is 4. The second kappa shape index (κ2) is 5.92. The number of anilines is 1. The lowest BCUT2D eigenvalue weighted by Gasteiger charge is -2.19. The van der Waals surface area contributed by atoms with E-state index in [1.165, 1.54) is 0 Å². The van der Waals surface area contributed by atoms with E-state index in [1.807, 2.05) is 24.3 Å². The number of nitrogens with two attached hydrogens (primary N) is 1. The molecular formula is C13H14N2O4S2. The number of carboxylic acid groups (broad SMARTS) is 1. The normalized spacial score (nSPS) is 15.7. The fourth-order valence-corrected chi connectivity index (χ4v) is 3.32. The van der Waals surface area contributed by atoms with Crippen molar-refractivity contribution < 1.29 is 18.3 Å². The molecule has 0 spiro atoms. The molecule has 6 nitrogen and oxygen atoms in total. The van der Waals surface area contributed by atoms with Gasteiger partial charge in [-0.1, -0.05) is 24.3 Å². The molecule has 0 unspecified atom stereocenters. The van der Waals surface area contributed by atoms with E-state index in [2.05, 4.69) is 17.4 Å². The van der Waals surface area contributed by atoms with Gasteiger partial charge in [0.2, 0.25) is 0 Å². The molecule has 21 heavy (non-hydrogen) atoms. The minimum absolute atomic E-state index is 0.190. The van der Waals surface area contributed by atoms with Gasteiger partial charge in [0.15, 0.2) is 0 Å². The molecule has 0 fully saturated rings. The lowest BCUT2D eigenvalue weighted by molar-refractivity contribution is -0.137. The molecule has 2 aromatic rings. The summed E-state index contributed by atoms with van der Waals surface area (Å²) >= 11 is 3.65. The minimum Gasteiger partial charge on any atom is -0.480 e. The first-order chi connectivity index (χ1) is 9.86. The van der Waals surface area contributed by atoms with Crippen LogP contribution >= 0.6 is 12.6 Å². The first kappa shape index (κ1) is 15.6. The maximum absolute atomic E-state index is 11.6. The van der Waals surface area contributed by atoms with Crippen LogP contribution in [-0.2, 0) is 14.8 Å². The third-order valence-corrected chi connectivity index (χ3v) is 4.75. The van der Waals surface area contributed by atoms with Crippen LogP contribution in [0.5, 0.6) is 0 Å². The van der Waals surface area contributed by atoms with Crippen molar-refractivity contribution in [3.05, 3.63) is 36.4 Å². The van der Waals surface area contributed by atoms with Crippen molar-refractivity contribution in [2.75, 3.05) is 10.5 Å². The van der Waals surface area contributed by atoms with Crippen LogP contribution < -0.4 is 10.5 Å². The highest BCUT2D eigenvalue weighted by Gasteiger charge is 2.24. The average molecular weight is 326 g/mol. The second-order valence-electron chi connectivity index (χ2n) is 4.39. The fraction of sp³-hybridized carbons (Fsp3) is 0.154. The van der Waals surface area contributed by atoms with E-state index in [0.717, 1.165) is 10.8 Å². The summed E-state index contributed by atoms with van der Waals surface area (Å²) in [6.07, 6.45) is 0. The summed E-state index contributed by atoms with van der Waals surface area (Å²) in [4.78, 5) is 10.1. The Labute approximate surface area is 127 Å². The maximum atomic E-state index is 11.6. The van der Waals surface area contributed by atoms with Crippen LogP contribution in [0.3, 0.4) is 0 Å². The molecule has 0 aliphatic carbocycles. The van der Waals surface area contributed by atoms with Gasteiger partial charge in [0.25, 0.3) is 10.0 Å². The summed E-state index contributed by atoms with van der Waals surface area (Å²) in [5, 5.41) is 9.76. The highest BCUT2D eigenvalue weighted by Crippen LogP contribution is 2.35. The van der Waals surface area contributed by atoms with Crippen molar-refractivity contribution in [1.29, 1.82) is 0 Å². The molecule has 2 bridgehead atoms. The largest absolute Gasteiger partial charge is 0.480 e. The van der Waals surface area contributed by atoms with Crippen LogP contribution in [0.4, 0.5) is 5.69 Å². The zero-order valence-electron chi connectivity index (χ0n) is 10.9. The van der Waals surface area contributed by atoms with Gasteiger partial charge in [0.1, 0.15) is 6.04 Å². The standard InChI is InChI=1S/C10H7NO2S.C3H7NO2S/c12-14(13)10-6-5-9(11-14)7-3-1-2-4-8(7)10;4-2(1-7)3(5)6/h1-6,11H;2,7H,1,4H2,(H,5,6)/t;2-/m.0/s1. The number of thiol groups is 1.